The molecule has 112 valence electrons. The quantitative estimate of drug-likeness (QED) is 0.491. The number of ether oxygens (including phenoxy) is 1. The Morgan fingerprint density at radius 3 is 2.00 bits per heavy atom. The highest BCUT2D eigenvalue weighted by Gasteiger charge is 2.28. The first-order valence-electron chi connectivity index (χ1n) is 6.23. The Balaban J connectivity index is 3.81. The molecular weight excluding hydrogens is 276 g/mol. The first-order chi connectivity index (χ1) is 9.76. The Morgan fingerprint density at radius 2 is 1.62 bits per heavy atom. The van der Waals surface area contributed by atoms with E-state index in [1.54, 1.807) is 13.8 Å². The topological polar surface area (TPSA) is 101 Å². The average molecular weight is 292 g/mol. The molecule has 0 unspecified atom stereocenters. The van der Waals surface area contributed by atoms with Gasteiger partial charge < -0.3 is 14.9 Å². The number of carbonyl (C=O) groups is 3. The zero-order chi connectivity index (χ0) is 16.3. The molecule has 6 heteroatoms. The van der Waals surface area contributed by atoms with E-state index in [9.17, 15) is 24.6 Å². The van der Waals surface area contributed by atoms with Crippen LogP contribution in [0.5, 0.6) is 5.75 Å². The summed E-state index contributed by atoms with van der Waals surface area (Å²) in [6, 6.07) is 0. The molecule has 0 bridgehead atoms. The van der Waals surface area contributed by atoms with Gasteiger partial charge in [0.25, 0.3) is 0 Å². The van der Waals surface area contributed by atoms with Crippen LogP contribution in [0.15, 0.2) is 12.7 Å². The smallest absolute Gasteiger partial charge is 0.336 e. The first kappa shape index (κ1) is 16.4. The lowest BCUT2D eigenvalue weighted by Gasteiger charge is -2.18. The van der Waals surface area contributed by atoms with Crippen LogP contribution in [0.1, 0.15) is 44.3 Å². The molecule has 0 saturated carbocycles. The minimum atomic E-state index is -1.38. The fourth-order valence-electron chi connectivity index (χ4n) is 2.30. The lowest BCUT2D eigenvalue weighted by Crippen LogP contribution is -2.17. The second kappa shape index (κ2) is 6.21. The van der Waals surface area contributed by atoms with Crippen molar-refractivity contribution in [2.75, 3.05) is 0 Å². The third-order valence-corrected chi connectivity index (χ3v) is 3.21. The van der Waals surface area contributed by atoms with Crippen LogP contribution >= 0.6 is 0 Å². The highest BCUT2D eigenvalue weighted by atomic mass is 16.5. The fraction of sp³-hybridized carbons (Fsp3) is 0.267. The second-order valence-electron chi connectivity index (χ2n) is 4.40. The molecule has 0 aliphatic heterocycles. The fourth-order valence-corrected chi connectivity index (χ4v) is 2.30. The summed E-state index contributed by atoms with van der Waals surface area (Å²) in [5, 5.41) is 18.6. The van der Waals surface area contributed by atoms with Crippen LogP contribution in [-0.4, -0.2) is 28.1 Å². The maximum atomic E-state index is 11.4. The SMILES string of the molecule is C=CC(=O)Oc1c(C)c(CC)c(C(=O)O)c(C(=O)O)c1C. The summed E-state index contributed by atoms with van der Waals surface area (Å²) in [6.45, 7) is 7.98. The van der Waals surface area contributed by atoms with E-state index in [0.29, 0.717) is 17.5 Å². The van der Waals surface area contributed by atoms with Crippen LogP contribution in [0, 0.1) is 13.8 Å². The van der Waals surface area contributed by atoms with Crippen molar-refractivity contribution in [3.05, 3.63) is 40.5 Å². The van der Waals surface area contributed by atoms with E-state index in [1.165, 1.54) is 6.92 Å². The zero-order valence-electron chi connectivity index (χ0n) is 12.0. The lowest BCUT2D eigenvalue weighted by molar-refractivity contribution is -0.129. The minimum absolute atomic E-state index is 0.0687. The van der Waals surface area contributed by atoms with Gasteiger partial charge in [-0.05, 0) is 31.4 Å². The maximum absolute atomic E-state index is 11.4. The van der Waals surface area contributed by atoms with Crippen LogP contribution in [0.3, 0.4) is 0 Å². The number of aromatic carboxylic acids is 2. The second-order valence-corrected chi connectivity index (χ2v) is 4.40. The van der Waals surface area contributed by atoms with Crippen molar-refractivity contribution in [1.82, 2.24) is 0 Å². The molecule has 0 aliphatic carbocycles. The van der Waals surface area contributed by atoms with Crippen LogP contribution < -0.4 is 4.74 Å². The number of carboxylic acids is 2. The number of rotatable bonds is 5. The number of hydrogen-bond donors (Lipinski definition) is 2. The molecule has 0 aliphatic rings. The van der Waals surface area contributed by atoms with Gasteiger partial charge in [-0.3, -0.25) is 0 Å². The molecule has 1 aromatic rings. The van der Waals surface area contributed by atoms with E-state index in [2.05, 4.69) is 6.58 Å². The molecule has 0 spiro atoms. The third kappa shape index (κ3) is 2.94. The molecule has 21 heavy (non-hydrogen) atoms. The van der Waals surface area contributed by atoms with Gasteiger partial charge in [0, 0.05) is 11.6 Å². The molecule has 1 aromatic carbocycles. The van der Waals surface area contributed by atoms with Gasteiger partial charge in [-0.2, -0.15) is 0 Å². The van der Waals surface area contributed by atoms with E-state index in [0.717, 1.165) is 6.08 Å². The van der Waals surface area contributed by atoms with Crippen molar-refractivity contribution < 1.29 is 29.3 Å². The standard InChI is InChI=1S/C15H16O6/c1-5-9-7(3)13(21-10(16)6-2)8(4)11(14(17)18)12(9)15(19)20/h6H,2,5H2,1,3-4H3,(H,17,18)(H,19,20). The van der Waals surface area contributed by atoms with Gasteiger partial charge >= 0.3 is 17.9 Å². The van der Waals surface area contributed by atoms with Crippen molar-refractivity contribution in [3.63, 3.8) is 0 Å². The summed E-state index contributed by atoms with van der Waals surface area (Å²) in [4.78, 5) is 34.2. The normalized spacial score (nSPS) is 10.0. The van der Waals surface area contributed by atoms with E-state index < -0.39 is 17.9 Å². The largest absolute Gasteiger partial charge is 0.478 e. The number of esters is 1. The molecule has 1 rings (SSSR count). The first-order valence-corrected chi connectivity index (χ1v) is 6.23. The summed E-state index contributed by atoms with van der Waals surface area (Å²) in [5.41, 5.74) is 0.241. The van der Waals surface area contributed by atoms with E-state index in [4.69, 9.17) is 4.74 Å². The zero-order valence-corrected chi connectivity index (χ0v) is 12.0. The molecule has 0 atom stereocenters. The molecule has 0 aromatic heterocycles. The van der Waals surface area contributed by atoms with Gasteiger partial charge in [-0.1, -0.05) is 13.5 Å². The molecule has 0 radical (unpaired) electrons. The summed E-state index contributed by atoms with van der Waals surface area (Å²) in [5.74, 6) is -3.37. The van der Waals surface area contributed by atoms with Crippen LogP contribution in [0.4, 0.5) is 0 Å². The van der Waals surface area contributed by atoms with Crippen molar-refractivity contribution in [3.8, 4) is 5.75 Å². The van der Waals surface area contributed by atoms with Gasteiger partial charge in [-0.25, -0.2) is 14.4 Å². The van der Waals surface area contributed by atoms with Gasteiger partial charge in [0.05, 0.1) is 11.1 Å². The summed E-state index contributed by atoms with van der Waals surface area (Å²) in [6.07, 6.45) is 1.25. The Kier molecular flexibility index (Phi) is 4.86. The van der Waals surface area contributed by atoms with E-state index in [-0.39, 0.29) is 22.4 Å². The molecule has 0 heterocycles. The molecule has 6 nitrogen and oxygen atoms in total. The summed E-state index contributed by atoms with van der Waals surface area (Å²) >= 11 is 0. The van der Waals surface area contributed by atoms with Crippen molar-refractivity contribution >= 4 is 17.9 Å². The molecular formula is C15H16O6. The number of benzene rings is 1. The highest BCUT2D eigenvalue weighted by molar-refractivity contribution is 6.05. The molecule has 2 N–H and O–H groups in total. The van der Waals surface area contributed by atoms with Gasteiger partial charge in [-0.15, -0.1) is 0 Å². The van der Waals surface area contributed by atoms with Gasteiger partial charge in [0.2, 0.25) is 0 Å². The lowest BCUT2D eigenvalue weighted by atomic mass is 9.90. The van der Waals surface area contributed by atoms with Gasteiger partial charge in [0.1, 0.15) is 5.75 Å². The Morgan fingerprint density at radius 1 is 1.10 bits per heavy atom. The van der Waals surface area contributed by atoms with Crippen LogP contribution in [0.2, 0.25) is 0 Å². The highest BCUT2D eigenvalue weighted by Crippen LogP contribution is 2.34. The molecule has 0 saturated heterocycles. The van der Waals surface area contributed by atoms with Gasteiger partial charge in [0.15, 0.2) is 0 Å². The Labute approximate surface area is 121 Å². The predicted octanol–water partition coefficient (Wildman–Crippen LogP) is 2.35. The predicted molar refractivity (Wildman–Crippen MR) is 75.0 cm³/mol. The number of hydrogen-bond acceptors (Lipinski definition) is 4. The number of carbonyl (C=O) groups excluding carboxylic acids is 1. The molecule has 0 amide bonds. The minimum Gasteiger partial charge on any atom is -0.478 e. The Bertz CT molecular complexity index is 642. The molecule has 0 fully saturated rings. The summed E-state index contributed by atoms with van der Waals surface area (Å²) in [7, 11) is 0. The maximum Gasteiger partial charge on any atom is 0.336 e. The van der Waals surface area contributed by atoms with E-state index in [1.807, 2.05) is 0 Å². The van der Waals surface area contributed by atoms with Crippen LogP contribution in [-0.2, 0) is 11.2 Å². The van der Waals surface area contributed by atoms with E-state index >= 15 is 0 Å². The monoisotopic (exact) mass is 292 g/mol. The van der Waals surface area contributed by atoms with Crippen molar-refractivity contribution in [2.24, 2.45) is 0 Å². The van der Waals surface area contributed by atoms with Crippen LogP contribution in [0.25, 0.3) is 0 Å². The van der Waals surface area contributed by atoms with Crippen molar-refractivity contribution in [2.45, 2.75) is 27.2 Å². The van der Waals surface area contributed by atoms with Crippen molar-refractivity contribution in [1.29, 1.82) is 0 Å². The number of carboxylic acid groups (broad SMARTS) is 2. The Hall–Kier alpha value is -2.63. The summed E-state index contributed by atoms with van der Waals surface area (Å²) < 4.78 is 5.08. The average Bonchev–Trinajstić information content (AvgIpc) is 2.41. The third-order valence-electron chi connectivity index (χ3n) is 3.21.